The topological polar surface area (TPSA) is 90.4 Å². The molecule has 7 nitrogen and oxygen atoms in total. The van der Waals surface area contributed by atoms with Crippen LogP contribution < -0.4 is 5.32 Å². The van der Waals surface area contributed by atoms with E-state index in [0.29, 0.717) is 22.5 Å². The summed E-state index contributed by atoms with van der Waals surface area (Å²) in [5, 5.41) is 4.98. The van der Waals surface area contributed by atoms with Crippen LogP contribution in [-0.4, -0.2) is 35.6 Å². The van der Waals surface area contributed by atoms with Crippen LogP contribution in [0.4, 0.5) is 11.4 Å². The van der Waals surface area contributed by atoms with Crippen molar-refractivity contribution in [2.75, 3.05) is 19.0 Å². The van der Waals surface area contributed by atoms with Crippen LogP contribution in [0, 0.1) is 13.8 Å². The van der Waals surface area contributed by atoms with Crippen LogP contribution in [0.3, 0.4) is 0 Å². The van der Waals surface area contributed by atoms with E-state index in [1.165, 1.54) is 13.3 Å². The number of pyridine rings is 2. The number of aryl methyl sites for hydroxylation is 2. The van der Waals surface area contributed by atoms with Gasteiger partial charge in [0.1, 0.15) is 5.56 Å². The van der Waals surface area contributed by atoms with Gasteiger partial charge in [0.05, 0.1) is 36.0 Å². The van der Waals surface area contributed by atoms with Crippen molar-refractivity contribution in [3.05, 3.63) is 71.0 Å². The molecule has 0 bridgehead atoms. The highest BCUT2D eigenvalue weighted by Gasteiger charge is 2.20. The molecule has 2 aromatic carbocycles. The zero-order chi connectivity index (χ0) is 22.8. The lowest BCUT2D eigenvalue weighted by Gasteiger charge is -2.17. The summed E-state index contributed by atoms with van der Waals surface area (Å²) < 4.78 is 10.0. The fourth-order valence-electron chi connectivity index (χ4n) is 3.69. The van der Waals surface area contributed by atoms with Crippen molar-refractivity contribution in [2.24, 2.45) is 0 Å². The van der Waals surface area contributed by atoms with Crippen LogP contribution in [-0.2, 0) is 9.47 Å². The van der Waals surface area contributed by atoms with Gasteiger partial charge in [-0.15, -0.1) is 0 Å². The predicted octanol–water partition coefficient (Wildman–Crippen LogP) is 5.11. The van der Waals surface area contributed by atoms with Crippen molar-refractivity contribution in [1.29, 1.82) is 0 Å². The molecule has 0 radical (unpaired) electrons. The predicted molar refractivity (Wildman–Crippen MR) is 124 cm³/mol. The number of hydrogen-bond acceptors (Lipinski definition) is 7. The molecule has 0 aliphatic carbocycles. The van der Waals surface area contributed by atoms with E-state index in [-0.39, 0.29) is 6.61 Å². The fraction of sp³-hybridized carbons (Fsp3) is 0.200. The summed E-state index contributed by atoms with van der Waals surface area (Å²) in [7, 11) is 1.34. The minimum Gasteiger partial charge on any atom is -0.465 e. The van der Waals surface area contributed by atoms with Gasteiger partial charge in [-0.05, 0) is 57.2 Å². The number of anilines is 2. The Labute approximate surface area is 185 Å². The zero-order valence-electron chi connectivity index (χ0n) is 18.4. The molecule has 4 rings (SSSR count). The number of carbonyl (C=O) groups excluding carboxylic acids is 2. The van der Waals surface area contributed by atoms with Crippen LogP contribution in [0.25, 0.3) is 21.8 Å². The molecule has 2 aromatic heterocycles. The molecule has 0 unspecified atom stereocenters. The highest BCUT2D eigenvalue weighted by atomic mass is 16.5. The number of nitrogens with one attached hydrogen (secondary N) is 1. The smallest absolute Gasteiger partial charge is 0.341 e. The Morgan fingerprint density at radius 1 is 1.03 bits per heavy atom. The fourth-order valence-corrected chi connectivity index (χ4v) is 3.69. The lowest BCUT2D eigenvalue weighted by Crippen LogP contribution is -2.10. The number of carbonyl (C=O) groups is 2. The second kappa shape index (κ2) is 8.63. The van der Waals surface area contributed by atoms with E-state index in [4.69, 9.17) is 14.5 Å². The van der Waals surface area contributed by atoms with Crippen molar-refractivity contribution in [3.8, 4) is 0 Å². The van der Waals surface area contributed by atoms with Crippen LogP contribution in [0.15, 0.2) is 48.7 Å². The van der Waals surface area contributed by atoms with Crippen molar-refractivity contribution in [2.45, 2.75) is 20.8 Å². The third-order valence-corrected chi connectivity index (χ3v) is 5.21. The average molecular weight is 429 g/mol. The van der Waals surface area contributed by atoms with E-state index in [9.17, 15) is 9.59 Å². The van der Waals surface area contributed by atoms with Crippen LogP contribution in [0.2, 0.25) is 0 Å². The molecule has 0 aliphatic rings. The molecule has 7 heteroatoms. The first-order chi connectivity index (χ1) is 15.4. The molecule has 0 amide bonds. The molecular formula is C25H23N3O4. The van der Waals surface area contributed by atoms with Crippen molar-refractivity contribution < 1.29 is 19.1 Å². The molecule has 0 fully saturated rings. The molecule has 0 saturated heterocycles. The van der Waals surface area contributed by atoms with Crippen molar-refractivity contribution in [1.82, 2.24) is 9.97 Å². The third-order valence-electron chi connectivity index (χ3n) is 5.21. The van der Waals surface area contributed by atoms with Gasteiger partial charge >= 0.3 is 11.9 Å². The summed E-state index contributed by atoms with van der Waals surface area (Å²) in [6, 6.07) is 12.8. The molecule has 162 valence electrons. The number of esters is 2. The highest BCUT2D eigenvalue weighted by Crippen LogP contribution is 2.35. The van der Waals surface area contributed by atoms with E-state index in [0.717, 1.165) is 33.1 Å². The number of hydrogen-bond donors (Lipinski definition) is 1. The van der Waals surface area contributed by atoms with E-state index in [1.54, 1.807) is 31.2 Å². The second-order valence-corrected chi connectivity index (χ2v) is 7.40. The molecule has 4 aromatic rings. The molecular weight excluding hydrogens is 406 g/mol. The SMILES string of the molecule is CCOC(=O)c1cnc2c(c(C)nc3ccc(C)cc32)c1Nc1ccc(C(=O)OC)cc1. The van der Waals surface area contributed by atoms with Gasteiger partial charge in [-0.3, -0.25) is 9.97 Å². The Bertz CT molecular complexity index is 1350. The van der Waals surface area contributed by atoms with Crippen LogP contribution >= 0.6 is 0 Å². The number of benzene rings is 2. The molecule has 0 saturated carbocycles. The van der Waals surface area contributed by atoms with E-state index >= 15 is 0 Å². The number of rotatable bonds is 5. The molecule has 32 heavy (non-hydrogen) atoms. The van der Waals surface area contributed by atoms with Crippen molar-refractivity contribution >= 4 is 45.1 Å². The number of ether oxygens (including phenoxy) is 2. The highest BCUT2D eigenvalue weighted by molar-refractivity contribution is 6.13. The third kappa shape index (κ3) is 3.85. The lowest BCUT2D eigenvalue weighted by molar-refractivity contribution is 0.0526. The Kier molecular flexibility index (Phi) is 5.73. The normalized spacial score (nSPS) is 10.9. The maximum absolute atomic E-state index is 12.7. The monoisotopic (exact) mass is 429 g/mol. The van der Waals surface area contributed by atoms with Crippen LogP contribution in [0.1, 0.15) is 38.9 Å². The summed E-state index contributed by atoms with van der Waals surface area (Å²) in [5.41, 5.74) is 5.42. The van der Waals surface area contributed by atoms with Gasteiger partial charge in [-0.25, -0.2) is 9.59 Å². The van der Waals surface area contributed by atoms with Gasteiger partial charge in [0.25, 0.3) is 0 Å². The first kappa shape index (κ1) is 21.2. The molecule has 0 atom stereocenters. The molecule has 0 aliphatic heterocycles. The lowest BCUT2D eigenvalue weighted by atomic mass is 10.0. The summed E-state index contributed by atoms with van der Waals surface area (Å²) >= 11 is 0. The molecule has 2 heterocycles. The van der Waals surface area contributed by atoms with Gasteiger partial charge in [0, 0.05) is 28.4 Å². The average Bonchev–Trinajstić information content (AvgIpc) is 2.79. The summed E-state index contributed by atoms with van der Waals surface area (Å²) in [6.45, 7) is 5.91. The standard InChI is InChI=1S/C25H23N3O4/c1-5-32-25(30)19-13-26-22-18-12-14(2)6-11-20(18)27-15(3)21(22)23(19)28-17-9-7-16(8-10-17)24(29)31-4/h6-13H,5H2,1-4H3,(H,26,28). The van der Waals surface area contributed by atoms with E-state index < -0.39 is 11.9 Å². The quantitative estimate of drug-likeness (QED) is 0.348. The Hall–Kier alpha value is -4.00. The largest absolute Gasteiger partial charge is 0.465 e. The Morgan fingerprint density at radius 2 is 1.78 bits per heavy atom. The van der Waals surface area contributed by atoms with Gasteiger partial charge < -0.3 is 14.8 Å². The molecule has 0 spiro atoms. The minimum atomic E-state index is -0.473. The van der Waals surface area contributed by atoms with Gasteiger partial charge in [0.15, 0.2) is 0 Å². The maximum Gasteiger partial charge on any atom is 0.341 e. The molecule has 1 N–H and O–H groups in total. The van der Waals surface area contributed by atoms with Gasteiger partial charge in [-0.1, -0.05) is 11.6 Å². The van der Waals surface area contributed by atoms with E-state index in [1.807, 2.05) is 32.0 Å². The zero-order valence-corrected chi connectivity index (χ0v) is 18.4. The summed E-state index contributed by atoms with van der Waals surface area (Å²) in [6.07, 6.45) is 1.53. The number of aromatic nitrogens is 2. The minimum absolute atomic E-state index is 0.248. The van der Waals surface area contributed by atoms with E-state index in [2.05, 4.69) is 10.3 Å². The van der Waals surface area contributed by atoms with Crippen LogP contribution in [0.5, 0.6) is 0 Å². The number of methoxy groups -OCH3 is 1. The van der Waals surface area contributed by atoms with Gasteiger partial charge in [0.2, 0.25) is 0 Å². The Morgan fingerprint density at radius 3 is 2.47 bits per heavy atom. The van der Waals surface area contributed by atoms with Crippen molar-refractivity contribution in [3.63, 3.8) is 0 Å². The second-order valence-electron chi connectivity index (χ2n) is 7.40. The number of fused-ring (bicyclic) bond motifs is 3. The van der Waals surface area contributed by atoms with Gasteiger partial charge in [-0.2, -0.15) is 0 Å². The summed E-state index contributed by atoms with van der Waals surface area (Å²) in [4.78, 5) is 33.8. The first-order valence-electron chi connectivity index (χ1n) is 10.2. The summed E-state index contributed by atoms with van der Waals surface area (Å²) in [5.74, 6) is -0.890. The number of nitrogens with zero attached hydrogens (tertiary/aromatic N) is 2. The first-order valence-corrected chi connectivity index (χ1v) is 10.2. The maximum atomic E-state index is 12.7. The Balaban J connectivity index is 1.93.